The fraction of sp³-hybridized carbons (Fsp3) is 0.308. The van der Waals surface area contributed by atoms with Gasteiger partial charge in [-0.15, -0.1) is 0 Å². The zero-order chi connectivity index (χ0) is 11.7. The number of ether oxygens (including phenoxy) is 1. The normalized spacial score (nSPS) is 16.4. The second kappa shape index (κ2) is 4.22. The smallest absolute Gasteiger partial charge is 0.166 e. The van der Waals surface area contributed by atoms with Crippen LogP contribution in [0.15, 0.2) is 24.3 Å². The third-order valence-electron chi connectivity index (χ3n) is 3.13. The molecule has 1 N–H and O–H groups in total. The molecule has 0 atom stereocenters. The lowest BCUT2D eigenvalue weighted by atomic mass is 10.2. The molecule has 0 radical (unpaired) electrons. The van der Waals surface area contributed by atoms with Crippen LogP contribution in [0.1, 0.15) is 10.5 Å². The summed E-state index contributed by atoms with van der Waals surface area (Å²) < 4.78 is 5.34. The van der Waals surface area contributed by atoms with Crippen LogP contribution in [0.3, 0.4) is 0 Å². The summed E-state index contributed by atoms with van der Waals surface area (Å²) in [7, 11) is 0. The fourth-order valence-electron chi connectivity index (χ4n) is 2.22. The van der Waals surface area contributed by atoms with E-state index >= 15 is 0 Å². The summed E-state index contributed by atoms with van der Waals surface area (Å²) in [4.78, 5) is 16.1. The third-order valence-corrected chi connectivity index (χ3v) is 3.13. The van der Waals surface area contributed by atoms with E-state index in [2.05, 4.69) is 22.0 Å². The van der Waals surface area contributed by atoms with E-state index in [4.69, 9.17) is 4.74 Å². The average Bonchev–Trinajstić information content (AvgIpc) is 2.81. The van der Waals surface area contributed by atoms with Gasteiger partial charge in [0.1, 0.15) is 0 Å². The number of hydrogen-bond donors (Lipinski definition) is 1. The van der Waals surface area contributed by atoms with Crippen LogP contribution in [0.2, 0.25) is 0 Å². The van der Waals surface area contributed by atoms with Gasteiger partial charge < -0.3 is 14.6 Å². The van der Waals surface area contributed by atoms with Crippen molar-refractivity contribution in [3.05, 3.63) is 30.0 Å². The van der Waals surface area contributed by atoms with Crippen molar-refractivity contribution in [1.82, 2.24) is 4.98 Å². The van der Waals surface area contributed by atoms with Crippen molar-refractivity contribution in [2.75, 3.05) is 31.2 Å². The fourth-order valence-corrected chi connectivity index (χ4v) is 2.22. The molecule has 1 saturated heterocycles. The Bertz CT molecular complexity index is 541. The van der Waals surface area contributed by atoms with Gasteiger partial charge in [0.25, 0.3) is 0 Å². The van der Waals surface area contributed by atoms with Gasteiger partial charge in [0, 0.05) is 29.7 Å². The highest BCUT2D eigenvalue weighted by molar-refractivity contribution is 5.89. The van der Waals surface area contributed by atoms with E-state index in [1.54, 1.807) is 0 Å². The summed E-state index contributed by atoms with van der Waals surface area (Å²) >= 11 is 0. The van der Waals surface area contributed by atoms with Crippen molar-refractivity contribution in [1.29, 1.82) is 0 Å². The van der Waals surface area contributed by atoms with Crippen molar-refractivity contribution in [3.63, 3.8) is 0 Å². The highest BCUT2D eigenvalue weighted by atomic mass is 16.5. The number of nitrogens with one attached hydrogen (secondary N) is 1. The van der Waals surface area contributed by atoms with Gasteiger partial charge in [0.15, 0.2) is 6.29 Å². The minimum absolute atomic E-state index is 0.624. The van der Waals surface area contributed by atoms with Gasteiger partial charge in [-0.3, -0.25) is 4.79 Å². The number of H-pyrrole nitrogens is 1. The number of aldehydes is 1. The van der Waals surface area contributed by atoms with Gasteiger partial charge in [-0.2, -0.15) is 0 Å². The molecule has 0 aliphatic carbocycles. The first kappa shape index (κ1) is 10.4. The van der Waals surface area contributed by atoms with Crippen molar-refractivity contribution in [3.8, 4) is 0 Å². The Hall–Kier alpha value is -1.81. The van der Waals surface area contributed by atoms with Gasteiger partial charge in [0.2, 0.25) is 0 Å². The number of carbonyl (C=O) groups is 1. The first-order valence-electron chi connectivity index (χ1n) is 5.77. The molecule has 3 rings (SSSR count). The van der Waals surface area contributed by atoms with Crippen LogP contribution < -0.4 is 4.90 Å². The number of anilines is 1. The number of aromatic nitrogens is 1. The van der Waals surface area contributed by atoms with Crippen LogP contribution in [0.25, 0.3) is 10.9 Å². The van der Waals surface area contributed by atoms with Gasteiger partial charge >= 0.3 is 0 Å². The van der Waals surface area contributed by atoms with E-state index in [1.165, 1.54) is 5.69 Å². The molecule has 0 saturated carbocycles. The predicted octanol–water partition coefficient (Wildman–Crippen LogP) is 1.82. The van der Waals surface area contributed by atoms with Gasteiger partial charge in [-0.1, -0.05) is 0 Å². The van der Waals surface area contributed by atoms with E-state index in [-0.39, 0.29) is 0 Å². The van der Waals surface area contributed by atoms with Crippen LogP contribution in [0.5, 0.6) is 0 Å². The van der Waals surface area contributed by atoms with Gasteiger partial charge in [-0.05, 0) is 24.3 Å². The minimum Gasteiger partial charge on any atom is -0.378 e. The Labute approximate surface area is 99.2 Å². The predicted molar refractivity (Wildman–Crippen MR) is 66.7 cm³/mol. The highest BCUT2D eigenvalue weighted by Gasteiger charge is 2.11. The lowest BCUT2D eigenvalue weighted by Gasteiger charge is -2.28. The number of hydrogen-bond acceptors (Lipinski definition) is 3. The van der Waals surface area contributed by atoms with Gasteiger partial charge in [-0.25, -0.2) is 0 Å². The Balaban J connectivity index is 1.97. The topological polar surface area (TPSA) is 45.3 Å². The Morgan fingerprint density at radius 2 is 2.06 bits per heavy atom. The lowest BCUT2D eigenvalue weighted by molar-refractivity contribution is 0.111. The second-order valence-corrected chi connectivity index (χ2v) is 4.21. The standard InChI is InChI=1S/C13H14N2O2/c16-9-11-7-10-8-12(1-2-13(10)14-11)15-3-5-17-6-4-15/h1-2,7-9,14H,3-6H2. The molecule has 0 amide bonds. The number of fused-ring (bicyclic) bond motifs is 1. The van der Waals surface area contributed by atoms with Crippen molar-refractivity contribution in [2.24, 2.45) is 0 Å². The summed E-state index contributed by atoms with van der Waals surface area (Å²) in [5.74, 6) is 0. The minimum atomic E-state index is 0.624. The van der Waals surface area contributed by atoms with E-state index in [0.29, 0.717) is 5.69 Å². The molecule has 1 fully saturated rings. The quantitative estimate of drug-likeness (QED) is 0.800. The number of carbonyl (C=O) groups excluding carboxylic acids is 1. The molecule has 17 heavy (non-hydrogen) atoms. The third kappa shape index (κ3) is 1.91. The summed E-state index contributed by atoms with van der Waals surface area (Å²) in [6, 6.07) is 8.10. The molecule has 0 spiro atoms. The number of aromatic amines is 1. The molecule has 1 aliphatic heterocycles. The van der Waals surface area contributed by atoms with Crippen LogP contribution in [-0.2, 0) is 4.74 Å². The summed E-state index contributed by atoms with van der Waals surface area (Å²) in [5, 5.41) is 1.08. The molecule has 88 valence electrons. The maximum atomic E-state index is 10.7. The van der Waals surface area contributed by atoms with E-state index in [9.17, 15) is 4.79 Å². The van der Waals surface area contributed by atoms with Crippen LogP contribution in [-0.4, -0.2) is 37.6 Å². The highest BCUT2D eigenvalue weighted by Crippen LogP contribution is 2.23. The molecule has 4 nitrogen and oxygen atoms in total. The zero-order valence-corrected chi connectivity index (χ0v) is 9.48. The molecule has 1 aromatic carbocycles. The first-order chi connectivity index (χ1) is 8.36. The summed E-state index contributed by atoms with van der Waals surface area (Å²) in [6.07, 6.45) is 0.842. The molecular formula is C13H14N2O2. The SMILES string of the molecule is O=Cc1cc2cc(N3CCOCC3)ccc2[nH]1. The van der Waals surface area contributed by atoms with E-state index < -0.39 is 0 Å². The number of nitrogens with zero attached hydrogens (tertiary/aromatic N) is 1. The Morgan fingerprint density at radius 3 is 2.82 bits per heavy atom. The molecule has 2 aromatic rings. The molecule has 4 heteroatoms. The van der Waals surface area contributed by atoms with Crippen molar-refractivity contribution in [2.45, 2.75) is 0 Å². The molecule has 1 aromatic heterocycles. The first-order valence-corrected chi connectivity index (χ1v) is 5.77. The zero-order valence-electron chi connectivity index (χ0n) is 9.48. The maximum absolute atomic E-state index is 10.7. The van der Waals surface area contributed by atoms with E-state index in [1.807, 2.05) is 12.1 Å². The lowest BCUT2D eigenvalue weighted by Crippen LogP contribution is -2.36. The number of morpholine rings is 1. The van der Waals surface area contributed by atoms with Crippen LogP contribution in [0.4, 0.5) is 5.69 Å². The van der Waals surface area contributed by atoms with Crippen molar-refractivity contribution >= 4 is 22.9 Å². The van der Waals surface area contributed by atoms with Crippen molar-refractivity contribution < 1.29 is 9.53 Å². The Kier molecular flexibility index (Phi) is 2.57. The Morgan fingerprint density at radius 1 is 1.24 bits per heavy atom. The number of rotatable bonds is 2. The molecule has 0 unspecified atom stereocenters. The van der Waals surface area contributed by atoms with E-state index in [0.717, 1.165) is 43.5 Å². The maximum Gasteiger partial charge on any atom is 0.166 e. The summed E-state index contributed by atoms with van der Waals surface area (Å²) in [5.41, 5.74) is 2.82. The van der Waals surface area contributed by atoms with Crippen LogP contribution >= 0.6 is 0 Å². The molecule has 0 bridgehead atoms. The second-order valence-electron chi connectivity index (χ2n) is 4.21. The van der Waals surface area contributed by atoms with Crippen LogP contribution in [0, 0.1) is 0 Å². The molecule has 2 heterocycles. The summed E-state index contributed by atoms with van der Waals surface area (Å²) in [6.45, 7) is 3.42. The largest absolute Gasteiger partial charge is 0.378 e. The van der Waals surface area contributed by atoms with Gasteiger partial charge in [0.05, 0.1) is 18.9 Å². The monoisotopic (exact) mass is 230 g/mol. The average molecular weight is 230 g/mol. The number of benzene rings is 1. The molecule has 1 aliphatic rings. The molecular weight excluding hydrogens is 216 g/mol.